The van der Waals surface area contributed by atoms with Gasteiger partial charge in [0, 0.05) is 12.1 Å². The fraction of sp³-hybridized carbons (Fsp3) is 0.280. The Morgan fingerprint density at radius 2 is 1.29 bits per heavy atom. The van der Waals surface area contributed by atoms with Crippen LogP contribution in [0.1, 0.15) is 22.7 Å². The van der Waals surface area contributed by atoms with Gasteiger partial charge in [-0.15, -0.1) is 0 Å². The van der Waals surface area contributed by atoms with E-state index in [1.54, 1.807) is 30.3 Å². The van der Waals surface area contributed by atoms with E-state index in [4.69, 9.17) is 4.74 Å². The Bertz CT molecular complexity index is 1200. The van der Waals surface area contributed by atoms with Gasteiger partial charge in [-0.25, -0.2) is 0 Å². The highest BCUT2D eigenvalue weighted by molar-refractivity contribution is 5.36. The molecule has 0 heterocycles. The fourth-order valence-corrected chi connectivity index (χ4v) is 3.62. The first-order valence-electron chi connectivity index (χ1n) is 10.8. The molecule has 0 aliphatic rings. The van der Waals surface area contributed by atoms with Crippen LogP contribution < -0.4 is 10.1 Å². The van der Waals surface area contributed by atoms with Crippen molar-refractivity contribution >= 4 is 0 Å². The molecule has 0 radical (unpaired) electrons. The van der Waals surface area contributed by atoms with Crippen LogP contribution in [0.4, 0.5) is 39.5 Å². The number of hydrogen-bond donors (Lipinski definition) is 3. The molecule has 3 N–H and O–H groups in total. The number of hydrogen-bond acceptors (Lipinski definition) is 4. The molecule has 3 aromatic carbocycles. The predicted molar refractivity (Wildman–Crippen MR) is 117 cm³/mol. The minimum Gasteiger partial charge on any atom is -0.457 e. The van der Waals surface area contributed by atoms with Gasteiger partial charge in [-0.1, -0.05) is 54.6 Å². The van der Waals surface area contributed by atoms with E-state index in [2.05, 4.69) is 5.32 Å². The maximum absolute atomic E-state index is 13.4. The first-order valence-corrected chi connectivity index (χ1v) is 10.8. The molecule has 2 atom stereocenters. The number of alkyl halides is 9. The number of rotatable bonds is 8. The predicted octanol–water partition coefficient (Wildman–Crippen LogP) is 6.55. The van der Waals surface area contributed by atoms with Crippen LogP contribution in [0.15, 0.2) is 78.9 Å². The van der Waals surface area contributed by atoms with Crippen molar-refractivity contribution < 1.29 is 54.5 Å². The Morgan fingerprint density at radius 1 is 0.711 bits per heavy atom. The average molecular weight is 553 g/mol. The van der Waals surface area contributed by atoms with Crippen molar-refractivity contribution in [3.63, 3.8) is 0 Å². The van der Waals surface area contributed by atoms with Crippen LogP contribution in [0, 0.1) is 0 Å². The minimum absolute atomic E-state index is 0.109. The van der Waals surface area contributed by atoms with Gasteiger partial charge in [0.15, 0.2) is 6.10 Å². The maximum Gasteiger partial charge on any atom is 0.430 e. The molecular formula is C25H20F9NO3. The van der Waals surface area contributed by atoms with E-state index in [1.807, 2.05) is 0 Å². The highest BCUT2D eigenvalue weighted by Crippen LogP contribution is 2.50. The number of para-hydroxylation sites is 1. The molecule has 4 nitrogen and oxygen atoms in total. The van der Waals surface area contributed by atoms with Gasteiger partial charge in [0.05, 0.1) is 6.04 Å². The van der Waals surface area contributed by atoms with Gasteiger partial charge in [-0.05, 0) is 35.4 Å². The van der Waals surface area contributed by atoms with Crippen LogP contribution in [0.25, 0.3) is 0 Å². The summed E-state index contributed by atoms with van der Waals surface area (Å²) >= 11 is 0. The third-order valence-corrected chi connectivity index (χ3v) is 5.54. The second-order valence-corrected chi connectivity index (χ2v) is 8.24. The van der Waals surface area contributed by atoms with Gasteiger partial charge >= 0.3 is 18.5 Å². The summed E-state index contributed by atoms with van der Waals surface area (Å²) in [5, 5.41) is 21.9. The van der Waals surface area contributed by atoms with Crippen molar-refractivity contribution in [2.45, 2.75) is 42.8 Å². The molecule has 3 aromatic rings. The zero-order valence-corrected chi connectivity index (χ0v) is 19.1. The summed E-state index contributed by atoms with van der Waals surface area (Å²) in [7, 11) is 0. The smallest absolute Gasteiger partial charge is 0.430 e. The van der Waals surface area contributed by atoms with Crippen molar-refractivity contribution in [1.82, 2.24) is 5.32 Å². The van der Waals surface area contributed by atoms with Gasteiger partial charge in [-0.2, -0.15) is 39.5 Å². The first kappa shape index (κ1) is 29.3. The standard InChI is InChI=1S/C25H20F9NO3/c26-23(27,28)21(36)20(16-7-5-11-19(13-16)38-18-9-2-1-3-10-18)35-14-15-6-4-8-17(12-15)22(37,24(29,30)31)25(32,33)34/h1-13,20-21,35-37H,14H2. The molecule has 13 heteroatoms. The summed E-state index contributed by atoms with van der Waals surface area (Å²) < 4.78 is 125. The molecule has 3 rings (SSSR count). The van der Waals surface area contributed by atoms with Crippen molar-refractivity contribution in [3.8, 4) is 11.5 Å². The SMILES string of the molecule is OC(C(NCc1cccc(C(O)(C(F)(F)F)C(F)(F)F)c1)c1cccc(Oc2ccccc2)c1)C(F)(F)F. The molecule has 206 valence electrons. The molecule has 38 heavy (non-hydrogen) atoms. The van der Waals surface area contributed by atoms with Crippen LogP contribution in [0.5, 0.6) is 11.5 Å². The molecule has 2 unspecified atom stereocenters. The van der Waals surface area contributed by atoms with E-state index >= 15 is 0 Å². The normalized spacial score (nSPS) is 14.7. The third-order valence-electron chi connectivity index (χ3n) is 5.54. The molecule has 0 aromatic heterocycles. The Labute approximate surface area is 210 Å². The van der Waals surface area contributed by atoms with Crippen LogP contribution >= 0.6 is 0 Å². The Hall–Kier alpha value is -3.29. The number of aliphatic hydroxyl groups is 2. The van der Waals surface area contributed by atoms with Crippen molar-refractivity contribution in [3.05, 3.63) is 95.6 Å². The van der Waals surface area contributed by atoms with E-state index < -0.39 is 48.4 Å². The summed E-state index contributed by atoms with van der Waals surface area (Å²) in [6.45, 7) is -0.693. The maximum atomic E-state index is 13.4. The molecule has 0 fully saturated rings. The van der Waals surface area contributed by atoms with E-state index in [-0.39, 0.29) is 16.9 Å². The number of aliphatic hydroxyl groups excluding tert-OH is 1. The fourth-order valence-electron chi connectivity index (χ4n) is 3.62. The molecule has 0 amide bonds. The molecule has 0 saturated carbocycles. The van der Waals surface area contributed by atoms with E-state index in [1.165, 1.54) is 24.3 Å². The lowest BCUT2D eigenvalue weighted by molar-refractivity contribution is -0.376. The number of ether oxygens (including phenoxy) is 1. The Kier molecular flexibility index (Phi) is 8.34. The number of nitrogens with one attached hydrogen (secondary N) is 1. The molecule has 0 spiro atoms. The third kappa shape index (κ3) is 6.40. The molecule has 0 bridgehead atoms. The van der Waals surface area contributed by atoms with Gasteiger partial charge in [0.25, 0.3) is 5.60 Å². The second kappa shape index (κ2) is 10.8. The van der Waals surface area contributed by atoms with Gasteiger partial charge in [0.2, 0.25) is 0 Å². The Balaban J connectivity index is 1.92. The van der Waals surface area contributed by atoms with E-state index in [0.717, 1.165) is 12.1 Å². The van der Waals surface area contributed by atoms with E-state index in [0.29, 0.717) is 17.9 Å². The number of halogens is 9. The summed E-state index contributed by atoms with van der Waals surface area (Å²) in [6.07, 6.45) is -20.4. The molecular weight excluding hydrogens is 533 g/mol. The molecule has 0 saturated heterocycles. The summed E-state index contributed by atoms with van der Waals surface area (Å²) in [5.41, 5.74) is -7.21. The highest BCUT2D eigenvalue weighted by Gasteiger charge is 2.71. The van der Waals surface area contributed by atoms with Crippen molar-refractivity contribution in [2.24, 2.45) is 0 Å². The summed E-state index contributed by atoms with van der Waals surface area (Å²) in [5.74, 6) is 0.474. The monoisotopic (exact) mass is 553 g/mol. The number of benzene rings is 3. The summed E-state index contributed by atoms with van der Waals surface area (Å²) in [6, 6.07) is 14.1. The first-order chi connectivity index (χ1) is 17.5. The quantitative estimate of drug-likeness (QED) is 0.277. The lowest BCUT2D eigenvalue weighted by Crippen LogP contribution is -2.54. The van der Waals surface area contributed by atoms with Crippen LogP contribution in [-0.2, 0) is 12.1 Å². The van der Waals surface area contributed by atoms with Crippen molar-refractivity contribution in [1.29, 1.82) is 0 Å². The largest absolute Gasteiger partial charge is 0.457 e. The second-order valence-electron chi connectivity index (χ2n) is 8.24. The minimum atomic E-state index is -6.13. The summed E-state index contributed by atoms with van der Waals surface area (Å²) in [4.78, 5) is 0. The van der Waals surface area contributed by atoms with Crippen molar-refractivity contribution in [2.75, 3.05) is 0 Å². The van der Waals surface area contributed by atoms with Crippen LogP contribution in [-0.4, -0.2) is 34.8 Å². The average Bonchev–Trinajstić information content (AvgIpc) is 2.82. The van der Waals surface area contributed by atoms with Crippen LogP contribution in [0.3, 0.4) is 0 Å². The highest BCUT2D eigenvalue weighted by atomic mass is 19.4. The molecule has 0 aliphatic carbocycles. The lowest BCUT2D eigenvalue weighted by atomic mass is 9.91. The Morgan fingerprint density at radius 3 is 1.87 bits per heavy atom. The topological polar surface area (TPSA) is 61.7 Å². The lowest BCUT2D eigenvalue weighted by Gasteiger charge is -2.33. The van der Waals surface area contributed by atoms with Gasteiger partial charge < -0.3 is 20.3 Å². The zero-order chi connectivity index (χ0) is 28.4. The van der Waals surface area contributed by atoms with E-state index in [9.17, 15) is 49.7 Å². The van der Waals surface area contributed by atoms with Gasteiger partial charge in [-0.3, -0.25) is 0 Å². The van der Waals surface area contributed by atoms with Crippen LogP contribution in [0.2, 0.25) is 0 Å². The molecule has 0 aliphatic heterocycles. The zero-order valence-electron chi connectivity index (χ0n) is 19.1. The van der Waals surface area contributed by atoms with Gasteiger partial charge in [0.1, 0.15) is 11.5 Å².